The third kappa shape index (κ3) is 3.29. The molecule has 0 aliphatic carbocycles. The van der Waals surface area contributed by atoms with Crippen LogP contribution in [0.3, 0.4) is 0 Å². The highest BCUT2D eigenvalue weighted by molar-refractivity contribution is 6.39. The van der Waals surface area contributed by atoms with Crippen LogP contribution >= 0.6 is 34.8 Å². The van der Waals surface area contributed by atoms with Crippen LogP contribution in [0, 0.1) is 0 Å². The van der Waals surface area contributed by atoms with E-state index < -0.39 is 5.91 Å². The first-order chi connectivity index (χ1) is 8.97. The van der Waals surface area contributed by atoms with Gasteiger partial charge in [-0.1, -0.05) is 40.9 Å². The molecule has 0 unspecified atom stereocenters. The average Bonchev–Trinajstić information content (AvgIpc) is 2.35. The number of benzene rings is 1. The number of nitrogen functional groups attached to an aromatic ring is 1. The van der Waals surface area contributed by atoms with E-state index in [0.29, 0.717) is 5.82 Å². The fraction of sp³-hybridized carbons (Fsp3) is 0. The first kappa shape index (κ1) is 13.9. The summed E-state index contributed by atoms with van der Waals surface area (Å²) in [4.78, 5) is 15.9. The molecule has 98 valence electrons. The molecule has 0 spiro atoms. The number of carbonyl (C=O) groups is 1. The summed E-state index contributed by atoms with van der Waals surface area (Å²) in [7, 11) is 0. The maximum atomic E-state index is 12.0. The molecular weight excluding hydrogens is 309 g/mol. The second-order valence-electron chi connectivity index (χ2n) is 3.65. The summed E-state index contributed by atoms with van der Waals surface area (Å²) in [5.74, 6) is -0.0693. The van der Waals surface area contributed by atoms with Gasteiger partial charge in [-0.05, 0) is 24.3 Å². The first-order valence-corrected chi connectivity index (χ1v) is 6.29. The highest BCUT2D eigenvalue weighted by Crippen LogP contribution is 2.29. The zero-order chi connectivity index (χ0) is 14.0. The van der Waals surface area contributed by atoms with Gasteiger partial charge in [-0.3, -0.25) is 4.79 Å². The van der Waals surface area contributed by atoms with E-state index in [4.69, 9.17) is 40.5 Å². The monoisotopic (exact) mass is 315 g/mol. The first-order valence-electron chi connectivity index (χ1n) is 5.16. The Morgan fingerprint density at radius 3 is 2.37 bits per heavy atom. The molecule has 1 aromatic carbocycles. The highest BCUT2D eigenvalue weighted by atomic mass is 35.5. The molecule has 0 radical (unpaired) electrons. The number of anilines is 2. The lowest BCUT2D eigenvalue weighted by atomic mass is 10.2. The number of hydrogen-bond donors (Lipinski definition) is 2. The van der Waals surface area contributed by atoms with Gasteiger partial charge in [-0.25, -0.2) is 4.98 Å². The van der Waals surface area contributed by atoms with Crippen molar-refractivity contribution in [3.63, 3.8) is 0 Å². The topological polar surface area (TPSA) is 68.0 Å². The normalized spacial score (nSPS) is 10.3. The molecule has 4 nitrogen and oxygen atoms in total. The van der Waals surface area contributed by atoms with E-state index >= 15 is 0 Å². The van der Waals surface area contributed by atoms with Crippen molar-refractivity contribution < 1.29 is 4.79 Å². The molecule has 0 fully saturated rings. The number of nitrogens with two attached hydrogens (primary N) is 1. The van der Waals surface area contributed by atoms with Crippen LogP contribution in [0.25, 0.3) is 0 Å². The van der Waals surface area contributed by atoms with Crippen LogP contribution in [-0.4, -0.2) is 10.9 Å². The molecule has 3 N–H and O–H groups in total. The Bertz CT molecular complexity index is 623. The second-order valence-corrected chi connectivity index (χ2v) is 4.85. The van der Waals surface area contributed by atoms with Gasteiger partial charge in [-0.15, -0.1) is 0 Å². The van der Waals surface area contributed by atoms with Crippen molar-refractivity contribution >= 4 is 52.2 Å². The van der Waals surface area contributed by atoms with Crippen LogP contribution in [0.2, 0.25) is 15.2 Å². The fourth-order valence-electron chi connectivity index (χ4n) is 1.38. The zero-order valence-corrected chi connectivity index (χ0v) is 11.7. The van der Waals surface area contributed by atoms with Crippen LogP contribution in [-0.2, 0) is 0 Å². The van der Waals surface area contributed by atoms with Crippen molar-refractivity contribution in [3.05, 3.63) is 51.1 Å². The van der Waals surface area contributed by atoms with E-state index in [-0.39, 0.29) is 26.4 Å². The van der Waals surface area contributed by atoms with Crippen LogP contribution in [0.5, 0.6) is 0 Å². The fourth-order valence-corrected chi connectivity index (χ4v) is 2.03. The SMILES string of the molecule is Nc1c(Cl)cc(C(=O)Nc2cccc(Cl)n2)cc1Cl. The number of hydrogen-bond acceptors (Lipinski definition) is 3. The van der Waals surface area contributed by atoms with E-state index in [1.165, 1.54) is 12.1 Å². The Hall–Kier alpha value is -1.49. The molecule has 2 aromatic rings. The molecule has 7 heteroatoms. The molecule has 2 rings (SSSR count). The molecule has 0 aliphatic rings. The number of halogens is 3. The Balaban J connectivity index is 2.25. The summed E-state index contributed by atoms with van der Waals surface area (Å²) in [6.07, 6.45) is 0. The number of carbonyl (C=O) groups excluding carboxylic acids is 1. The Morgan fingerprint density at radius 2 is 1.79 bits per heavy atom. The minimum atomic E-state index is -0.404. The predicted molar refractivity (Wildman–Crippen MR) is 78.1 cm³/mol. The lowest BCUT2D eigenvalue weighted by Gasteiger charge is -2.07. The van der Waals surface area contributed by atoms with Gasteiger partial charge in [0.15, 0.2) is 0 Å². The molecule has 19 heavy (non-hydrogen) atoms. The van der Waals surface area contributed by atoms with E-state index in [1.807, 2.05) is 0 Å². The van der Waals surface area contributed by atoms with Gasteiger partial charge in [0.05, 0.1) is 15.7 Å². The summed E-state index contributed by atoms with van der Waals surface area (Å²) in [6.45, 7) is 0. The molecule has 0 saturated carbocycles. The van der Waals surface area contributed by atoms with Gasteiger partial charge < -0.3 is 11.1 Å². The Morgan fingerprint density at radius 1 is 1.16 bits per heavy atom. The van der Waals surface area contributed by atoms with Crippen molar-refractivity contribution in [2.24, 2.45) is 0 Å². The van der Waals surface area contributed by atoms with Crippen LogP contribution in [0.1, 0.15) is 10.4 Å². The van der Waals surface area contributed by atoms with E-state index in [2.05, 4.69) is 10.3 Å². The molecule has 0 aliphatic heterocycles. The second kappa shape index (κ2) is 5.65. The van der Waals surface area contributed by atoms with Crippen molar-refractivity contribution in [2.45, 2.75) is 0 Å². The average molecular weight is 317 g/mol. The number of nitrogens with zero attached hydrogens (tertiary/aromatic N) is 1. The summed E-state index contributed by atoms with van der Waals surface area (Å²) >= 11 is 17.5. The minimum absolute atomic E-state index is 0.219. The summed E-state index contributed by atoms with van der Waals surface area (Å²) < 4.78 is 0. The van der Waals surface area contributed by atoms with Crippen LogP contribution < -0.4 is 11.1 Å². The molecule has 1 aromatic heterocycles. The molecule has 1 heterocycles. The minimum Gasteiger partial charge on any atom is -0.396 e. The number of nitrogens with one attached hydrogen (secondary N) is 1. The largest absolute Gasteiger partial charge is 0.396 e. The van der Waals surface area contributed by atoms with Crippen molar-refractivity contribution in [3.8, 4) is 0 Å². The molecule has 1 amide bonds. The van der Waals surface area contributed by atoms with Gasteiger partial charge in [0.2, 0.25) is 0 Å². The van der Waals surface area contributed by atoms with Crippen LogP contribution in [0.15, 0.2) is 30.3 Å². The van der Waals surface area contributed by atoms with Crippen LogP contribution in [0.4, 0.5) is 11.5 Å². The third-order valence-corrected chi connectivity index (χ3v) is 3.13. The summed E-state index contributed by atoms with van der Waals surface area (Å²) in [5, 5.41) is 3.30. The maximum Gasteiger partial charge on any atom is 0.256 e. The van der Waals surface area contributed by atoms with Gasteiger partial charge >= 0.3 is 0 Å². The highest BCUT2D eigenvalue weighted by Gasteiger charge is 2.12. The standard InChI is InChI=1S/C12H8Cl3N3O/c13-7-4-6(5-8(14)11(7)16)12(19)18-10-3-1-2-9(15)17-10/h1-5H,16H2,(H,17,18,19). The lowest BCUT2D eigenvalue weighted by Crippen LogP contribution is -2.13. The summed E-state index contributed by atoms with van der Waals surface area (Å²) in [6, 6.07) is 7.76. The lowest BCUT2D eigenvalue weighted by molar-refractivity contribution is 0.102. The molecule has 0 bridgehead atoms. The molecular formula is C12H8Cl3N3O. The van der Waals surface area contributed by atoms with Crippen molar-refractivity contribution in [1.29, 1.82) is 0 Å². The smallest absolute Gasteiger partial charge is 0.256 e. The molecule has 0 saturated heterocycles. The number of amides is 1. The maximum absolute atomic E-state index is 12.0. The van der Waals surface area contributed by atoms with Gasteiger partial charge in [0.1, 0.15) is 11.0 Å². The number of aromatic nitrogens is 1. The van der Waals surface area contributed by atoms with Gasteiger partial charge in [0.25, 0.3) is 5.91 Å². The Kier molecular flexibility index (Phi) is 4.14. The van der Waals surface area contributed by atoms with Gasteiger partial charge in [-0.2, -0.15) is 0 Å². The van der Waals surface area contributed by atoms with E-state index in [0.717, 1.165) is 0 Å². The zero-order valence-electron chi connectivity index (χ0n) is 9.45. The van der Waals surface area contributed by atoms with E-state index in [9.17, 15) is 4.79 Å². The quantitative estimate of drug-likeness (QED) is 0.652. The van der Waals surface area contributed by atoms with Gasteiger partial charge in [0, 0.05) is 5.56 Å². The Labute approximate surface area is 124 Å². The van der Waals surface area contributed by atoms with E-state index in [1.54, 1.807) is 18.2 Å². The summed E-state index contributed by atoms with van der Waals surface area (Å²) in [5.41, 5.74) is 6.12. The third-order valence-electron chi connectivity index (χ3n) is 2.30. The number of pyridine rings is 1. The number of rotatable bonds is 2. The van der Waals surface area contributed by atoms with Crippen molar-refractivity contribution in [2.75, 3.05) is 11.1 Å². The molecule has 0 atom stereocenters. The predicted octanol–water partition coefficient (Wildman–Crippen LogP) is 3.88. The van der Waals surface area contributed by atoms with Crippen molar-refractivity contribution in [1.82, 2.24) is 4.98 Å².